The molecule has 20 nitrogen and oxygen atoms in total. The molecular formula is C54H69N11O9S. The first kappa shape index (κ1) is 54.6. The minimum Gasteiger partial charge on any atom is -0.391 e. The Kier molecular flexibility index (Phi) is 17.7. The van der Waals surface area contributed by atoms with Crippen LogP contribution in [-0.2, 0) is 35.2 Å². The highest BCUT2D eigenvalue weighted by molar-refractivity contribution is 7.13. The summed E-state index contributed by atoms with van der Waals surface area (Å²) in [5.74, 6) is -0.647. The lowest BCUT2D eigenvalue weighted by Crippen LogP contribution is -2.57. The van der Waals surface area contributed by atoms with E-state index in [-0.39, 0.29) is 99.4 Å². The van der Waals surface area contributed by atoms with Crippen LogP contribution in [0.25, 0.3) is 21.5 Å². The van der Waals surface area contributed by atoms with Crippen molar-refractivity contribution in [1.29, 1.82) is 0 Å². The summed E-state index contributed by atoms with van der Waals surface area (Å²) in [6.45, 7) is 14.0. The highest BCUT2D eigenvalue weighted by Gasteiger charge is 2.44. The Balaban J connectivity index is 0.716. The van der Waals surface area contributed by atoms with E-state index in [0.29, 0.717) is 54.5 Å². The number of Topliss-reactive ketones (excluding diaryl/α,β-unsaturated/α-hetero) is 1. The number of pyridine rings is 2. The first-order chi connectivity index (χ1) is 36.0. The van der Waals surface area contributed by atoms with E-state index >= 15 is 0 Å². The summed E-state index contributed by atoms with van der Waals surface area (Å²) in [5, 5.41) is 20.2. The van der Waals surface area contributed by atoms with Crippen molar-refractivity contribution in [2.75, 3.05) is 69.4 Å². The minimum absolute atomic E-state index is 0.00569. The highest BCUT2D eigenvalue weighted by atomic mass is 32.1. The van der Waals surface area contributed by atoms with E-state index in [0.717, 1.165) is 53.1 Å². The fraction of sp³-hybridized carbons (Fsp3) is 0.519. The Morgan fingerprint density at radius 2 is 1.59 bits per heavy atom. The molecule has 21 heteroatoms. The van der Waals surface area contributed by atoms with Crippen molar-refractivity contribution >= 4 is 69.2 Å². The summed E-state index contributed by atoms with van der Waals surface area (Å²) in [6.07, 6.45) is 6.59. The molecule has 4 amide bonds. The Morgan fingerprint density at radius 3 is 2.23 bits per heavy atom. The fourth-order valence-electron chi connectivity index (χ4n) is 10.1. The van der Waals surface area contributed by atoms with E-state index in [2.05, 4.69) is 35.8 Å². The molecule has 0 radical (unpaired) electrons. The van der Waals surface area contributed by atoms with Gasteiger partial charge in [0.2, 0.25) is 29.6 Å². The lowest BCUT2D eigenvalue weighted by atomic mass is 9.85. The topological polar surface area (TPSA) is 243 Å². The van der Waals surface area contributed by atoms with Gasteiger partial charge in [-0.1, -0.05) is 57.9 Å². The van der Waals surface area contributed by atoms with Crippen LogP contribution < -0.4 is 26.4 Å². The average Bonchev–Trinajstić information content (AvgIpc) is 4.18. The molecule has 4 aromatic heterocycles. The molecule has 1 aromatic carbocycles. The highest BCUT2D eigenvalue weighted by Crippen LogP contribution is 2.33. The van der Waals surface area contributed by atoms with Crippen LogP contribution in [0, 0.1) is 19.3 Å². The van der Waals surface area contributed by atoms with Gasteiger partial charge in [-0.2, -0.15) is 4.98 Å². The van der Waals surface area contributed by atoms with Gasteiger partial charge in [-0.25, -0.2) is 15.0 Å². The molecule has 0 spiro atoms. The quantitative estimate of drug-likeness (QED) is 0.0574. The molecule has 3 fully saturated rings. The smallest absolute Gasteiger partial charge is 0.263 e. The average molecular weight is 1050 g/mol. The Labute approximate surface area is 440 Å². The zero-order valence-electron chi connectivity index (χ0n) is 43.7. The number of ketones is 1. The normalized spacial score (nSPS) is 17.6. The lowest BCUT2D eigenvalue weighted by Gasteiger charge is -2.36. The number of rotatable bonds is 20. The summed E-state index contributed by atoms with van der Waals surface area (Å²) >= 11 is 1.57. The number of β-amino-alcohol motifs (C(OH)–C–C–N with tert-alkyl or cyclic N) is 1. The zero-order chi connectivity index (χ0) is 53.4. The van der Waals surface area contributed by atoms with Gasteiger partial charge in [0.25, 0.3) is 5.56 Å². The number of likely N-dealkylation sites (tertiary alicyclic amines) is 1. The van der Waals surface area contributed by atoms with Gasteiger partial charge >= 0.3 is 0 Å². The van der Waals surface area contributed by atoms with Crippen molar-refractivity contribution in [3.8, 4) is 10.4 Å². The fourth-order valence-corrected chi connectivity index (χ4v) is 10.9. The van der Waals surface area contributed by atoms with Crippen LogP contribution in [0.4, 0.5) is 17.5 Å². The molecule has 1 saturated carbocycles. The molecule has 3 atom stereocenters. The van der Waals surface area contributed by atoms with Gasteiger partial charge in [0.05, 0.1) is 72.5 Å². The van der Waals surface area contributed by atoms with Crippen LogP contribution in [0.2, 0.25) is 0 Å². The third kappa shape index (κ3) is 13.2. The van der Waals surface area contributed by atoms with Gasteiger partial charge in [0.15, 0.2) is 5.78 Å². The molecule has 0 unspecified atom stereocenters. The number of benzene rings is 1. The van der Waals surface area contributed by atoms with E-state index in [9.17, 15) is 33.9 Å². The van der Waals surface area contributed by atoms with Crippen LogP contribution >= 0.6 is 11.3 Å². The molecule has 8 rings (SSSR count). The first-order valence-electron chi connectivity index (χ1n) is 25.9. The number of aryl methyl sites for hydroxylation is 2. The summed E-state index contributed by atoms with van der Waals surface area (Å²) < 4.78 is 13.0. The molecule has 0 bridgehead atoms. The predicted octanol–water partition coefficient (Wildman–Crippen LogP) is 5.26. The van der Waals surface area contributed by atoms with Gasteiger partial charge in [-0.15, -0.1) is 11.3 Å². The number of carbonyl (C=O) groups excluding carboxylic acids is 5. The van der Waals surface area contributed by atoms with E-state index in [4.69, 9.17) is 14.5 Å². The number of piperazine rings is 1. The molecular weight excluding hydrogens is 979 g/mol. The van der Waals surface area contributed by atoms with Crippen LogP contribution in [0.1, 0.15) is 106 Å². The summed E-state index contributed by atoms with van der Waals surface area (Å²) in [7, 11) is 0. The maximum atomic E-state index is 14.0. The minimum atomic E-state index is -0.955. The number of hydrogen-bond donors (Lipinski definition) is 4. The number of fused-ring (bicyclic) bond motifs is 1. The van der Waals surface area contributed by atoms with E-state index in [1.54, 1.807) is 35.2 Å². The van der Waals surface area contributed by atoms with Gasteiger partial charge in [-0.05, 0) is 67.9 Å². The Morgan fingerprint density at radius 1 is 0.880 bits per heavy atom. The van der Waals surface area contributed by atoms with Crippen LogP contribution in [0.3, 0.4) is 0 Å². The van der Waals surface area contributed by atoms with Crippen molar-refractivity contribution in [3.63, 3.8) is 0 Å². The molecule has 5 aromatic rings. The second kappa shape index (κ2) is 24.3. The number of carbonyl (C=O) groups is 5. The van der Waals surface area contributed by atoms with Crippen molar-refractivity contribution in [3.05, 3.63) is 87.0 Å². The van der Waals surface area contributed by atoms with Crippen molar-refractivity contribution < 1.29 is 38.6 Å². The molecule has 4 N–H and O–H groups in total. The first-order valence-corrected chi connectivity index (χ1v) is 26.7. The largest absolute Gasteiger partial charge is 0.391 e. The molecule has 75 heavy (non-hydrogen) atoms. The number of aromatic nitrogens is 5. The van der Waals surface area contributed by atoms with Gasteiger partial charge < -0.3 is 45.2 Å². The molecule has 6 heterocycles. The van der Waals surface area contributed by atoms with E-state index in [1.807, 2.05) is 74.5 Å². The molecule has 3 aliphatic rings. The number of anilines is 3. The third-order valence-corrected chi connectivity index (χ3v) is 15.2. The second-order valence-electron chi connectivity index (χ2n) is 20.7. The zero-order valence-corrected chi connectivity index (χ0v) is 44.5. The molecule has 2 aliphatic heterocycles. The standard InChI is InChI=1S/C54H69N11O9S/c1-33-41-30-57-53(61-49(41)65(38-9-7-8-10-38)51(71)46(33)35(3)66)59-43-16-15-39(29-55-43)62-19-21-63(22-20-62)45(69)18-24-74-26-25-73-23-17-44(68)60-48(54(4,5)6)52(72)64-31-40(67)27-42(64)50(70)56-28-36-11-13-37(14-12-36)47-34(2)58-32-75-47/h11-16,29-30,32,38,40,42,48,67H,7-10,17-28,31H2,1-6H3,(H,56,70)(H,60,68)(H,55,57,59,61)/t40-,42+,48-/m1/s1. The Hall–Kier alpha value is -6.68. The van der Waals surface area contributed by atoms with Crippen LogP contribution in [-0.4, -0.2) is 146 Å². The third-order valence-electron chi connectivity index (χ3n) is 14.3. The van der Waals surface area contributed by atoms with E-state index < -0.39 is 29.5 Å². The Bertz CT molecular complexity index is 2910. The van der Waals surface area contributed by atoms with Gasteiger partial charge in [0, 0.05) is 69.7 Å². The number of ether oxygens (including phenoxy) is 2. The number of thiazole rings is 1. The molecule has 1 aliphatic carbocycles. The van der Waals surface area contributed by atoms with Crippen LogP contribution in [0.15, 0.2) is 59.1 Å². The number of nitrogens with one attached hydrogen (secondary N) is 3. The number of aliphatic hydroxyl groups is 1. The monoisotopic (exact) mass is 1050 g/mol. The number of hydrogen-bond acceptors (Lipinski definition) is 16. The maximum absolute atomic E-state index is 14.0. The lowest BCUT2D eigenvalue weighted by molar-refractivity contribution is -0.144. The number of nitrogens with zero attached hydrogens (tertiary/aromatic N) is 8. The summed E-state index contributed by atoms with van der Waals surface area (Å²) in [4.78, 5) is 104. The van der Waals surface area contributed by atoms with E-state index in [1.165, 1.54) is 11.8 Å². The van der Waals surface area contributed by atoms with Crippen molar-refractivity contribution in [2.24, 2.45) is 5.41 Å². The van der Waals surface area contributed by atoms with Crippen molar-refractivity contribution in [2.45, 2.75) is 117 Å². The summed E-state index contributed by atoms with van der Waals surface area (Å²) in [5.41, 5.74) is 5.89. The van der Waals surface area contributed by atoms with Gasteiger partial charge in [0.1, 0.15) is 23.5 Å². The van der Waals surface area contributed by atoms with Crippen molar-refractivity contribution in [1.82, 2.24) is 44.9 Å². The predicted molar refractivity (Wildman–Crippen MR) is 285 cm³/mol. The molecule has 400 valence electrons. The maximum Gasteiger partial charge on any atom is 0.263 e. The van der Waals surface area contributed by atoms with Crippen LogP contribution in [0.5, 0.6) is 0 Å². The number of aliphatic hydroxyl groups excluding tert-OH is 1. The second-order valence-corrected chi connectivity index (χ2v) is 21.5. The number of amides is 4. The summed E-state index contributed by atoms with van der Waals surface area (Å²) in [6, 6.07) is 9.77. The van der Waals surface area contributed by atoms with Gasteiger partial charge in [-0.3, -0.25) is 33.3 Å². The molecule has 2 saturated heterocycles. The SMILES string of the molecule is CC(=O)c1c(C)c2cnc(Nc3ccc(N4CCN(C(=O)CCOCCOCCC(=O)N[C@H](C(=O)N5C[C@H](O)C[C@H]5C(=O)NCc5ccc(-c6scnc6C)cc5)C(C)(C)C)CC4)cn3)nc2n(C2CCCC2)c1=O.